The smallest absolute Gasteiger partial charge is 0.113 e. The van der Waals surface area contributed by atoms with Crippen LogP contribution in [0.5, 0.6) is 0 Å². The van der Waals surface area contributed by atoms with Gasteiger partial charge in [-0.2, -0.15) is 0 Å². The van der Waals surface area contributed by atoms with Crippen molar-refractivity contribution in [2.45, 2.75) is 33.2 Å². The molecule has 4 aromatic rings. The molecule has 4 heteroatoms. The Labute approximate surface area is 213 Å². The van der Waals surface area contributed by atoms with Crippen molar-refractivity contribution >= 4 is 22.5 Å². The van der Waals surface area contributed by atoms with Crippen molar-refractivity contribution in [3.8, 4) is 23.0 Å². The zero-order valence-electron chi connectivity index (χ0n) is 20.5. The highest BCUT2D eigenvalue weighted by Gasteiger charge is 2.24. The number of hydrogen-bond acceptors (Lipinski definition) is 2. The van der Waals surface area contributed by atoms with Crippen LogP contribution >= 0.6 is 11.6 Å². The van der Waals surface area contributed by atoms with Gasteiger partial charge >= 0.3 is 0 Å². The molecule has 1 aliphatic carbocycles. The van der Waals surface area contributed by atoms with Gasteiger partial charge in [0.2, 0.25) is 0 Å². The predicted molar refractivity (Wildman–Crippen MR) is 147 cm³/mol. The Morgan fingerprint density at radius 3 is 2.51 bits per heavy atom. The van der Waals surface area contributed by atoms with E-state index in [2.05, 4.69) is 76.7 Å². The lowest BCUT2D eigenvalue weighted by atomic mass is 10.1. The number of nitrogens with zero attached hydrogens (tertiary/aromatic N) is 3. The summed E-state index contributed by atoms with van der Waals surface area (Å²) >= 11 is 5.99. The van der Waals surface area contributed by atoms with Gasteiger partial charge in [0, 0.05) is 65.6 Å². The van der Waals surface area contributed by atoms with Gasteiger partial charge in [0.05, 0.1) is 0 Å². The molecule has 0 unspecified atom stereocenters. The van der Waals surface area contributed by atoms with Crippen molar-refractivity contribution in [1.29, 1.82) is 0 Å². The van der Waals surface area contributed by atoms with Gasteiger partial charge in [-0.05, 0) is 78.6 Å². The summed E-state index contributed by atoms with van der Waals surface area (Å²) in [6.07, 6.45) is 6.89. The number of hydrogen-bond donors (Lipinski definition) is 0. The average Bonchev–Trinajstić information content (AvgIpc) is 3.58. The second kappa shape index (κ2) is 10.7. The Kier molecular flexibility index (Phi) is 7.23. The molecule has 1 aliphatic rings. The van der Waals surface area contributed by atoms with Gasteiger partial charge in [0.25, 0.3) is 0 Å². The topological polar surface area (TPSA) is 21.1 Å². The minimum Gasteiger partial charge on any atom is -0.346 e. The Morgan fingerprint density at radius 2 is 1.80 bits per heavy atom. The van der Waals surface area contributed by atoms with E-state index in [0.29, 0.717) is 5.92 Å². The molecule has 0 atom stereocenters. The zero-order valence-corrected chi connectivity index (χ0v) is 21.3. The molecule has 0 aliphatic heterocycles. The van der Waals surface area contributed by atoms with Crippen LogP contribution < -0.4 is 0 Å². The van der Waals surface area contributed by atoms with Crippen LogP contribution in [0, 0.1) is 23.7 Å². The van der Waals surface area contributed by atoms with Gasteiger partial charge in [-0.1, -0.05) is 49.6 Å². The fraction of sp³-hybridized carbons (Fsp3) is 0.323. The molecule has 0 bridgehead atoms. The molecule has 0 N–H and O–H groups in total. The van der Waals surface area contributed by atoms with Crippen LogP contribution in [0.4, 0.5) is 0 Å². The number of benzene rings is 2. The largest absolute Gasteiger partial charge is 0.346 e. The number of halogens is 1. The lowest BCUT2D eigenvalue weighted by Gasteiger charge is -2.24. The van der Waals surface area contributed by atoms with Crippen LogP contribution in [-0.4, -0.2) is 34.1 Å². The fourth-order valence-corrected chi connectivity index (χ4v) is 4.70. The quantitative estimate of drug-likeness (QED) is 0.250. The van der Waals surface area contributed by atoms with Crippen molar-refractivity contribution in [3.63, 3.8) is 0 Å². The molecule has 2 aromatic heterocycles. The monoisotopic (exact) mass is 481 g/mol. The van der Waals surface area contributed by atoms with E-state index in [9.17, 15) is 0 Å². The van der Waals surface area contributed by atoms with Gasteiger partial charge in [0.15, 0.2) is 0 Å². The van der Waals surface area contributed by atoms with E-state index in [1.54, 1.807) is 0 Å². The van der Waals surface area contributed by atoms with Crippen LogP contribution in [-0.2, 0) is 6.54 Å². The summed E-state index contributed by atoms with van der Waals surface area (Å²) in [5.41, 5.74) is 5.20. The van der Waals surface area contributed by atoms with Crippen molar-refractivity contribution < 1.29 is 0 Å². The SMILES string of the molecule is CC(C)CN(CCn1ccc2cc(C#Cc3ccc(-c4ccc(Cl)cc4)cn3)ccc21)CC1CC1. The third kappa shape index (κ3) is 6.34. The molecule has 2 heterocycles. The maximum Gasteiger partial charge on any atom is 0.113 e. The molecule has 1 saturated carbocycles. The van der Waals surface area contributed by atoms with Crippen LogP contribution in [0.3, 0.4) is 0 Å². The Morgan fingerprint density at radius 1 is 1.00 bits per heavy atom. The van der Waals surface area contributed by atoms with Crippen molar-refractivity contribution in [2.24, 2.45) is 11.8 Å². The maximum atomic E-state index is 5.99. The number of pyridine rings is 1. The van der Waals surface area contributed by atoms with Gasteiger partial charge < -0.3 is 9.47 Å². The second-order valence-electron chi connectivity index (χ2n) is 10.1. The normalized spacial score (nSPS) is 13.4. The van der Waals surface area contributed by atoms with E-state index in [1.807, 2.05) is 36.5 Å². The molecular formula is C31H32ClN3. The summed E-state index contributed by atoms with van der Waals surface area (Å²) < 4.78 is 2.38. The Bertz CT molecular complexity index is 1330. The van der Waals surface area contributed by atoms with Crippen LogP contribution in [0.1, 0.15) is 37.9 Å². The average molecular weight is 482 g/mol. The molecule has 0 amide bonds. The summed E-state index contributed by atoms with van der Waals surface area (Å²) in [5.74, 6) is 8.13. The zero-order chi connectivity index (χ0) is 24.2. The third-order valence-corrected chi connectivity index (χ3v) is 6.79. The maximum absolute atomic E-state index is 5.99. The van der Waals surface area contributed by atoms with E-state index in [1.165, 1.54) is 36.8 Å². The van der Waals surface area contributed by atoms with E-state index in [4.69, 9.17) is 11.6 Å². The molecule has 2 aromatic carbocycles. The summed E-state index contributed by atoms with van der Waals surface area (Å²) in [7, 11) is 0. The third-order valence-electron chi connectivity index (χ3n) is 6.54. The summed E-state index contributed by atoms with van der Waals surface area (Å²) in [4.78, 5) is 7.18. The van der Waals surface area contributed by atoms with Crippen molar-refractivity contribution in [3.05, 3.63) is 89.3 Å². The summed E-state index contributed by atoms with van der Waals surface area (Å²) in [5, 5.41) is 1.97. The van der Waals surface area contributed by atoms with E-state index in [0.717, 1.165) is 46.4 Å². The molecule has 35 heavy (non-hydrogen) atoms. The lowest BCUT2D eigenvalue weighted by Crippen LogP contribution is -2.32. The summed E-state index contributed by atoms with van der Waals surface area (Å²) in [6.45, 7) is 9.21. The molecule has 0 spiro atoms. The Hall–Kier alpha value is -3.06. The highest BCUT2D eigenvalue weighted by Crippen LogP contribution is 2.30. The van der Waals surface area contributed by atoms with Crippen LogP contribution in [0.25, 0.3) is 22.0 Å². The predicted octanol–water partition coefficient (Wildman–Crippen LogP) is 7.12. The van der Waals surface area contributed by atoms with Gasteiger partial charge in [-0.3, -0.25) is 0 Å². The molecule has 0 radical (unpaired) electrons. The first-order valence-electron chi connectivity index (χ1n) is 12.6. The van der Waals surface area contributed by atoms with Crippen LogP contribution in [0.15, 0.2) is 73.1 Å². The van der Waals surface area contributed by atoms with Crippen LogP contribution in [0.2, 0.25) is 5.02 Å². The summed E-state index contributed by atoms with van der Waals surface area (Å²) in [6, 6.07) is 20.5. The first kappa shape index (κ1) is 23.7. The van der Waals surface area contributed by atoms with Crippen molar-refractivity contribution in [2.75, 3.05) is 19.6 Å². The number of aromatic nitrogens is 2. The number of fused-ring (bicyclic) bond motifs is 1. The molecular weight excluding hydrogens is 450 g/mol. The molecule has 178 valence electrons. The molecule has 5 rings (SSSR count). The van der Waals surface area contributed by atoms with E-state index >= 15 is 0 Å². The standard InChI is InChI=1S/C31H32ClN3/c1-23(2)21-34(22-25-3-4-25)17-18-35-16-15-27-19-24(6-14-31(27)35)5-12-30-13-9-28(20-33-30)26-7-10-29(32)11-8-26/h6-11,13-16,19-20,23,25H,3-4,17-18,21-22H2,1-2H3. The highest BCUT2D eigenvalue weighted by molar-refractivity contribution is 6.30. The minimum absolute atomic E-state index is 0.708. The van der Waals surface area contributed by atoms with Gasteiger partial charge in [-0.25, -0.2) is 4.98 Å². The van der Waals surface area contributed by atoms with Gasteiger partial charge in [-0.15, -0.1) is 0 Å². The molecule has 0 saturated heterocycles. The van der Waals surface area contributed by atoms with Crippen molar-refractivity contribution in [1.82, 2.24) is 14.5 Å². The molecule has 1 fully saturated rings. The van der Waals surface area contributed by atoms with E-state index < -0.39 is 0 Å². The number of rotatable bonds is 8. The van der Waals surface area contributed by atoms with Gasteiger partial charge in [0.1, 0.15) is 5.69 Å². The minimum atomic E-state index is 0.708. The fourth-order valence-electron chi connectivity index (χ4n) is 4.58. The highest BCUT2D eigenvalue weighted by atomic mass is 35.5. The first-order valence-corrected chi connectivity index (χ1v) is 13.0. The first-order chi connectivity index (χ1) is 17.0. The second-order valence-corrected chi connectivity index (χ2v) is 10.5. The Balaban J connectivity index is 1.25. The molecule has 3 nitrogen and oxygen atoms in total. The van der Waals surface area contributed by atoms with E-state index in [-0.39, 0.29) is 0 Å². The lowest BCUT2D eigenvalue weighted by molar-refractivity contribution is 0.227.